The number of benzene rings is 1. The van der Waals surface area contributed by atoms with Crippen molar-refractivity contribution in [3.8, 4) is 0 Å². The molecule has 0 bridgehead atoms. The molecule has 0 saturated heterocycles. The van der Waals surface area contributed by atoms with Crippen molar-refractivity contribution in [2.45, 2.75) is 58.7 Å². The van der Waals surface area contributed by atoms with Crippen molar-refractivity contribution in [1.82, 2.24) is 16.0 Å². The van der Waals surface area contributed by atoms with Gasteiger partial charge in [0.1, 0.15) is 12.1 Å². The normalized spacial score (nSPS) is 13.9. The van der Waals surface area contributed by atoms with Crippen molar-refractivity contribution in [3.05, 3.63) is 35.9 Å². The summed E-state index contributed by atoms with van der Waals surface area (Å²) in [4.78, 5) is 48.6. The van der Waals surface area contributed by atoms with Crippen LogP contribution in [-0.2, 0) is 25.6 Å². The van der Waals surface area contributed by atoms with Gasteiger partial charge in [-0.1, -0.05) is 58.0 Å². The number of carboxylic acid groups (broad SMARTS) is 1. The molecule has 0 aliphatic heterocycles. The smallest absolute Gasteiger partial charge is 0.326 e. The minimum atomic E-state index is -1.13. The van der Waals surface area contributed by atoms with Crippen LogP contribution in [-0.4, -0.2) is 53.5 Å². The van der Waals surface area contributed by atoms with Gasteiger partial charge in [-0.2, -0.15) is 0 Å². The Labute approximate surface area is 183 Å². The van der Waals surface area contributed by atoms with Crippen LogP contribution in [0.4, 0.5) is 0 Å². The molecular weight excluding hydrogens is 400 g/mol. The monoisotopic (exact) mass is 434 g/mol. The topological polar surface area (TPSA) is 151 Å². The standard InChI is InChI=1S/C22H34N4O5/c1-13(2)10-17(22(30)31)25-18(27)12-24-20(28)16(11-15-8-6-5-7-9-15)26-21(29)19(23)14(3)4/h5-9,13-14,16-17,19H,10-12,23H2,1-4H3,(H,24,28)(H,25,27)(H,26,29)(H,30,31). The average Bonchev–Trinajstić information content (AvgIpc) is 2.70. The number of aliphatic carboxylic acids is 1. The highest BCUT2D eigenvalue weighted by atomic mass is 16.4. The maximum absolute atomic E-state index is 12.7. The lowest BCUT2D eigenvalue weighted by atomic mass is 10.0. The molecule has 172 valence electrons. The Hall–Kier alpha value is -2.94. The summed E-state index contributed by atoms with van der Waals surface area (Å²) in [5, 5.41) is 16.8. The highest BCUT2D eigenvalue weighted by molar-refractivity contribution is 5.92. The first-order valence-electron chi connectivity index (χ1n) is 10.4. The third-order valence-electron chi connectivity index (χ3n) is 4.70. The van der Waals surface area contributed by atoms with Crippen LogP contribution in [0.15, 0.2) is 30.3 Å². The van der Waals surface area contributed by atoms with Crippen LogP contribution in [0, 0.1) is 11.8 Å². The summed E-state index contributed by atoms with van der Waals surface area (Å²) in [5.41, 5.74) is 6.71. The predicted octanol–water partition coefficient (Wildman–Crippen LogP) is 0.429. The largest absolute Gasteiger partial charge is 0.480 e. The summed E-state index contributed by atoms with van der Waals surface area (Å²) in [6.07, 6.45) is 0.491. The molecule has 3 unspecified atom stereocenters. The van der Waals surface area contributed by atoms with E-state index in [9.17, 15) is 24.3 Å². The van der Waals surface area contributed by atoms with Gasteiger partial charge in [0.2, 0.25) is 17.7 Å². The third kappa shape index (κ3) is 9.61. The van der Waals surface area contributed by atoms with Crippen molar-refractivity contribution in [3.63, 3.8) is 0 Å². The molecule has 6 N–H and O–H groups in total. The van der Waals surface area contributed by atoms with E-state index in [0.29, 0.717) is 0 Å². The molecule has 0 aromatic heterocycles. The second-order valence-corrected chi connectivity index (χ2v) is 8.33. The van der Waals surface area contributed by atoms with E-state index in [1.165, 1.54) is 0 Å². The summed E-state index contributed by atoms with van der Waals surface area (Å²) < 4.78 is 0. The van der Waals surface area contributed by atoms with E-state index in [1.54, 1.807) is 13.8 Å². The zero-order valence-electron chi connectivity index (χ0n) is 18.6. The Morgan fingerprint density at radius 1 is 0.935 bits per heavy atom. The number of nitrogens with one attached hydrogen (secondary N) is 3. The van der Waals surface area contributed by atoms with Gasteiger partial charge in [-0.25, -0.2) is 4.79 Å². The van der Waals surface area contributed by atoms with Gasteiger partial charge in [-0.05, 0) is 23.8 Å². The van der Waals surface area contributed by atoms with Crippen LogP contribution < -0.4 is 21.7 Å². The van der Waals surface area contributed by atoms with Crippen molar-refractivity contribution >= 4 is 23.7 Å². The van der Waals surface area contributed by atoms with Crippen molar-refractivity contribution in [1.29, 1.82) is 0 Å². The summed E-state index contributed by atoms with van der Waals surface area (Å²) in [6.45, 7) is 6.90. The maximum Gasteiger partial charge on any atom is 0.326 e. The zero-order chi connectivity index (χ0) is 23.6. The second-order valence-electron chi connectivity index (χ2n) is 8.33. The number of hydrogen-bond acceptors (Lipinski definition) is 5. The minimum absolute atomic E-state index is 0.0756. The van der Waals surface area contributed by atoms with Gasteiger partial charge in [-0.3, -0.25) is 14.4 Å². The van der Waals surface area contributed by atoms with E-state index in [-0.39, 0.29) is 24.7 Å². The minimum Gasteiger partial charge on any atom is -0.480 e. The number of amides is 3. The Morgan fingerprint density at radius 3 is 2.06 bits per heavy atom. The number of hydrogen-bond donors (Lipinski definition) is 5. The van der Waals surface area contributed by atoms with E-state index in [1.807, 2.05) is 44.2 Å². The molecule has 1 aromatic carbocycles. The van der Waals surface area contributed by atoms with Crippen molar-refractivity contribution in [2.75, 3.05) is 6.54 Å². The predicted molar refractivity (Wildman–Crippen MR) is 117 cm³/mol. The molecule has 0 heterocycles. The Bertz CT molecular complexity index is 752. The van der Waals surface area contributed by atoms with Crippen LogP contribution in [0.5, 0.6) is 0 Å². The zero-order valence-corrected chi connectivity index (χ0v) is 18.6. The molecule has 0 radical (unpaired) electrons. The van der Waals surface area contributed by atoms with Crippen LogP contribution >= 0.6 is 0 Å². The summed E-state index contributed by atoms with van der Waals surface area (Å²) in [5.74, 6) is -2.81. The molecule has 31 heavy (non-hydrogen) atoms. The van der Waals surface area contributed by atoms with Gasteiger partial charge >= 0.3 is 5.97 Å². The van der Waals surface area contributed by atoms with Gasteiger partial charge < -0.3 is 26.8 Å². The first kappa shape index (κ1) is 26.1. The first-order valence-corrected chi connectivity index (χ1v) is 10.4. The first-order chi connectivity index (χ1) is 14.5. The van der Waals surface area contributed by atoms with Gasteiger partial charge in [0.05, 0.1) is 12.6 Å². The number of carbonyl (C=O) groups is 4. The van der Waals surface area contributed by atoms with Crippen LogP contribution in [0.1, 0.15) is 39.7 Å². The van der Waals surface area contributed by atoms with Gasteiger partial charge in [0.25, 0.3) is 0 Å². The van der Waals surface area contributed by atoms with E-state index < -0.39 is 48.4 Å². The number of rotatable bonds is 12. The number of carbonyl (C=O) groups excluding carboxylic acids is 3. The molecule has 0 aliphatic carbocycles. The van der Waals surface area contributed by atoms with Crippen LogP contribution in [0.2, 0.25) is 0 Å². The Balaban J connectivity index is 2.78. The Kier molecular flexibility index (Phi) is 10.7. The van der Waals surface area contributed by atoms with Crippen molar-refractivity contribution < 1.29 is 24.3 Å². The molecule has 9 heteroatoms. The number of nitrogens with two attached hydrogens (primary N) is 1. The summed E-state index contributed by atoms with van der Waals surface area (Å²) in [7, 11) is 0. The maximum atomic E-state index is 12.7. The Morgan fingerprint density at radius 2 is 1.55 bits per heavy atom. The fourth-order valence-electron chi connectivity index (χ4n) is 2.86. The molecular formula is C22H34N4O5. The average molecular weight is 435 g/mol. The highest BCUT2D eigenvalue weighted by Crippen LogP contribution is 2.06. The third-order valence-corrected chi connectivity index (χ3v) is 4.70. The molecule has 1 aromatic rings. The van der Waals surface area contributed by atoms with Gasteiger partial charge in [0.15, 0.2) is 0 Å². The van der Waals surface area contributed by atoms with Gasteiger partial charge in [-0.15, -0.1) is 0 Å². The molecule has 3 amide bonds. The quantitative estimate of drug-likeness (QED) is 0.322. The van der Waals surface area contributed by atoms with E-state index >= 15 is 0 Å². The van der Waals surface area contributed by atoms with Crippen molar-refractivity contribution in [2.24, 2.45) is 17.6 Å². The lowest BCUT2D eigenvalue weighted by Crippen LogP contribution is -2.55. The molecule has 1 rings (SSSR count). The highest BCUT2D eigenvalue weighted by Gasteiger charge is 2.26. The lowest BCUT2D eigenvalue weighted by Gasteiger charge is -2.22. The van der Waals surface area contributed by atoms with E-state index in [4.69, 9.17) is 5.73 Å². The molecule has 0 fully saturated rings. The lowest BCUT2D eigenvalue weighted by molar-refractivity contribution is -0.142. The molecule has 0 aliphatic rings. The van der Waals surface area contributed by atoms with Crippen LogP contribution in [0.25, 0.3) is 0 Å². The van der Waals surface area contributed by atoms with Crippen LogP contribution in [0.3, 0.4) is 0 Å². The fraction of sp³-hybridized carbons (Fsp3) is 0.545. The van der Waals surface area contributed by atoms with Gasteiger partial charge in [0, 0.05) is 6.42 Å². The fourth-order valence-corrected chi connectivity index (χ4v) is 2.86. The molecule has 0 saturated carbocycles. The SMILES string of the molecule is CC(C)CC(NC(=O)CNC(=O)C(Cc1ccccc1)NC(=O)C(N)C(C)C)C(=O)O. The number of carboxylic acids is 1. The second kappa shape index (κ2) is 12.7. The molecule has 0 spiro atoms. The summed E-state index contributed by atoms with van der Waals surface area (Å²) in [6, 6.07) is 6.39. The van der Waals surface area contributed by atoms with E-state index in [2.05, 4.69) is 16.0 Å². The van der Waals surface area contributed by atoms with E-state index in [0.717, 1.165) is 5.56 Å². The summed E-state index contributed by atoms with van der Waals surface area (Å²) >= 11 is 0. The molecule has 3 atom stereocenters. The molecule has 9 nitrogen and oxygen atoms in total.